The Balaban J connectivity index is 2.53. The number of alkyl halides is 1. The van der Waals surface area contributed by atoms with Crippen LogP contribution >= 0.6 is 11.6 Å². The highest BCUT2D eigenvalue weighted by atomic mass is 35.5. The molecule has 0 radical (unpaired) electrons. The van der Waals surface area contributed by atoms with E-state index >= 15 is 0 Å². The molecule has 0 aliphatic heterocycles. The van der Waals surface area contributed by atoms with Crippen LogP contribution in [0.1, 0.15) is 37.3 Å². The van der Waals surface area contributed by atoms with Gasteiger partial charge in [-0.2, -0.15) is 0 Å². The van der Waals surface area contributed by atoms with Gasteiger partial charge < -0.3 is 0 Å². The molecule has 1 rings (SSSR count). The van der Waals surface area contributed by atoms with Crippen LogP contribution < -0.4 is 0 Å². The number of benzene rings is 1. The van der Waals surface area contributed by atoms with Crippen molar-refractivity contribution in [2.24, 2.45) is 0 Å². The summed E-state index contributed by atoms with van der Waals surface area (Å²) in [6, 6.07) is 8.51. The van der Waals surface area contributed by atoms with Crippen LogP contribution in [-0.4, -0.2) is 5.88 Å². The summed E-state index contributed by atoms with van der Waals surface area (Å²) < 4.78 is 0. The molecule has 1 aromatic carbocycles. The van der Waals surface area contributed by atoms with Crippen molar-refractivity contribution in [3.8, 4) is 11.8 Å². The number of unbranched alkanes of at least 4 members (excludes halogenated alkanes) is 1. The molecule has 0 aromatic heterocycles. The van der Waals surface area contributed by atoms with Crippen molar-refractivity contribution in [1.29, 1.82) is 0 Å². The highest BCUT2D eigenvalue weighted by Crippen LogP contribution is 2.07. The van der Waals surface area contributed by atoms with Crippen molar-refractivity contribution < 1.29 is 0 Å². The molecule has 0 N–H and O–H groups in total. The summed E-state index contributed by atoms with van der Waals surface area (Å²) in [6.45, 7) is 2.21. The van der Waals surface area contributed by atoms with Crippen LogP contribution in [-0.2, 0) is 6.42 Å². The maximum absolute atomic E-state index is 5.55. The van der Waals surface area contributed by atoms with E-state index < -0.39 is 0 Å². The first-order chi connectivity index (χ1) is 7.36. The van der Waals surface area contributed by atoms with Crippen LogP contribution in [0, 0.1) is 11.8 Å². The normalized spacial score (nSPS) is 9.47. The Labute approximate surface area is 97.7 Å². The molecule has 1 heteroatoms. The summed E-state index contributed by atoms with van der Waals surface area (Å²) >= 11 is 5.55. The molecule has 0 heterocycles. The Morgan fingerprint density at radius 1 is 1.20 bits per heavy atom. The number of rotatable bonds is 4. The van der Waals surface area contributed by atoms with E-state index in [-0.39, 0.29) is 0 Å². The first kappa shape index (κ1) is 12.1. The van der Waals surface area contributed by atoms with Gasteiger partial charge in [0.05, 0.1) is 0 Å². The summed E-state index contributed by atoms with van der Waals surface area (Å²) in [5, 5.41) is 0. The lowest BCUT2D eigenvalue weighted by molar-refractivity contribution is 0.795. The number of hydrogen-bond acceptors (Lipinski definition) is 0. The number of hydrogen-bond donors (Lipinski definition) is 0. The van der Waals surface area contributed by atoms with E-state index in [9.17, 15) is 0 Å². The van der Waals surface area contributed by atoms with Gasteiger partial charge in [0.25, 0.3) is 0 Å². The highest BCUT2D eigenvalue weighted by Gasteiger charge is 1.91. The summed E-state index contributed by atoms with van der Waals surface area (Å²) in [7, 11) is 0. The lowest BCUT2D eigenvalue weighted by Gasteiger charge is -1.99. The first-order valence-corrected chi connectivity index (χ1v) is 6.04. The van der Waals surface area contributed by atoms with Gasteiger partial charge in [-0.25, -0.2) is 0 Å². The van der Waals surface area contributed by atoms with Crippen LogP contribution in [0.15, 0.2) is 24.3 Å². The zero-order valence-corrected chi connectivity index (χ0v) is 9.98. The van der Waals surface area contributed by atoms with Crippen LogP contribution in [0.4, 0.5) is 0 Å². The predicted octanol–water partition coefficient (Wildman–Crippen LogP) is 4.01. The van der Waals surface area contributed by atoms with Gasteiger partial charge in [-0.1, -0.05) is 37.3 Å². The number of halogens is 1. The molecule has 0 saturated carbocycles. The van der Waals surface area contributed by atoms with Gasteiger partial charge in [-0.3, -0.25) is 0 Å². The Morgan fingerprint density at radius 2 is 1.93 bits per heavy atom. The van der Waals surface area contributed by atoms with Crippen LogP contribution in [0.3, 0.4) is 0 Å². The van der Waals surface area contributed by atoms with Crippen molar-refractivity contribution in [1.82, 2.24) is 0 Å². The molecule has 0 aliphatic rings. The zero-order chi connectivity index (χ0) is 10.9. The van der Waals surface area contributed by atoms with Gasteiger partial charge in [-0.15, -0.1) is 11.6 Å². The van der Waals surface area contributed by atoms with Gasteiger partial charge in [0.1, 0.15) is 0 Å². The van der Waals surface area contributed by atoms with Crippen molar-refractivity contribution >= 4 is 11.6 Å². The van der Waals surface area contributed by atoms with Crippen molar-refractivity contribution in [2.45, 2.75) is 32.6 Å². The lowest BCUT2D eigenvalue weighted by Crippen LogP contribution is -1.84. The molecule has 0 amide bonds. The van der Waals surface area contributed by atoms with Gasteiger partial charge in [0.2, 0.25) is 0 Å². The van der Waals surface area contributed by atoms with E-state index in [4.69, 9.17) is 11.6 Å². The summed E-state index contributed by atoms with van der Waals surface area (Å²) in [5.74, 6) is 6.74. The van der Waals surface area contributed by atoms with E-state index in [0.29, 0.717) is 5.88 Å². The standard InChI is InChI=1S/C14H17Cl/c1-2-3-6-13-8-10-14(11-9-13)7-4-5-12-15/h8-11H,2-3,5-6,12H2,1H3. The van der Waals surface area contributed by atoms with E-state index in [1.807, 2.05) is 0 Å². The molecule has 15 heavy (non-hydrogen) atoms. The Kier molecular flexibility index (Phi) is 5.97. The Bertz CT molecular complexity index is 327. The minimum atomic E-state index is 0.613. The topological polar surface area (TPSA) is 0 Å². The zero-order valence-electron chi connectivity index (χ0n) is 9.22. The molecular formula is C14H17Cl. The minimum Gasteiger partial charge on any atom is -0.126 e. The third-order valence-electron chi connectivity index (χ3n) is 2.23. The second-order valence-corrected chi connectivity index (χ2v) is 3.92. The summed E-state index contributed by atoms with van der Waals surface area (Å²) in [5.41, 5.74) is 2.49. The molecular weight excluding hydrogens is 204 g/mol. The van der Waals surface area contributed by atoms with Gasteiger partial charge in [-0.05, 0) is 30.5 Å². The fourth-order valence-corrected chi connectivity index (χ4v) is 1.44. The van der Waals surface area contributed by atoms with E-state index in [1.165, 1.54) is 24.8 Å². The second-order valence-electron chi connectivity index (χ2n) is 3.54. The molecule has 80 valence electrons. The van der Waals surface area contributed by atoms with Crippen molar-refractivity contribution in [2.75, 3.05) is 5.88 Å². The highest BCUT2D eigenvalue weighted by molar-refractivity contribution is 6.18. The average Bonchev–Trinajstić information content (AvgIpc) is 2.28. The van der Waals surface area contributed by atoms with Crippen LogP contribution in [0.2, 0.25) is 0 Å². The van der Waals surface area contributed by atoms with Crippen molar-refractivity contribution in [3.63, 3.8) is 0 Å². The minimum absolute atomic E-state index is 0.613. The third-order valence-corrected chi connectivity index (χ3v) is 2.41. The predicted molar refractivity (Wildman–Crippen MR) is 67.3 cm³/mol. The average molecular weight is 221 g/mol. The Morgan fingerprint density at radius 3 is 2.53 bits per heavy atom. The molecule has 0 bridgehead atoms. The fraction of sp³-hybridized carbons (Fsp3) is 0.429. The molecule has 0 aliphatic carbocycles. The van der Waals surface area contributed by atoms with Gasteiger partial charge in [0, 0.05) is 17.9 Å². The SMILES string of the molecule is CCCCc1ccc(C#CCCCl)cc1. The lowest BCUT2D eigenvalue weighted by atomic mass is 10.1. The van der Waals surface area contributed by atoms with E-state index in [0.717, 1.165) is 12.0 Å². The Hall–Kier alpha value is -0.930. The van der Waals surface area contributed by atoms with Crippen LogP contribution in [0.5, 0.6) is 0 Å². The summed E-state index contributed by atoms with van der Waals surface area (Å²) in [4.78, 5) is 0. The maximum atomic E-state index is 5.55. The van der Waals surface area contributed by atoms with Gasteiger partial charge >= 0.3 is 0 Å². The maximum Gasteiger partial charge on any atom is 0.0333 e. The smallest absolute Gasteiger partial charge is 0.0333 e. The quantitative estimate of drug-likeness (QED) is 0.531. The monoisotopic (exact) mass is 220 g/mol. The second kappa shape index (κ2) is 7.37. The van der Waals surface area contributed by atoms with E-state index in [1.54, 1.807) is 0 Å². The van der Waals surface area contributed by atoms with Crippen LogP contribution in [0.25, 0.3) is 0 Å². The first-order valence-electron chi connectivity index (χ1n) is 5.50. The largest absolute Gasteiger partial charge is 0.126 e. The molecule has 0 atom stereocenters. The number of aryl methyl sites for hydroxylation is 1. The van der Waals surface area contributed by atoms with E-state index in [2.05, 4.69) is 43.0 Å². The molecule has 1 aromatic rings. The molecule has 0 saturated heterocycles. The molecule has 0 spiro atoms. The molecule has 0 nitrogen and oxygen atoms in total. The van der Waals surface area contributed by atoms with Crippen molar-refractivity contribution in [3.05, 3.63) is 35.4 Å². The fourth-order valence-electron chi connectivity index (χ4n) is 1.35. The summed E-state index contributed by atoms with van der Waals surface area (Å²) in [6.07, 6.45) is 4.44. The third kappa shape index (κ3) is 4.91. The molecule has 0 unspecified atom stereocenters. The van der Waals surface area contributed by atoms with Gasteiger partial charge in [0.15, 0.2) is 0 Å². The molecule has 0 fully saturated rings.